The van der Waals surface area contributed by atoms with Crippen LogP contribution in [-0.4, -0.2) is 14.7 Å². The zero-order valence-corrected chi connectivity index (χ0v) is 21.6. The lowest BCUT2D eigenvalue weighted by atomic mass is 9.96. The van der Waals surface area contributed by atoms with Crippen LogP contribution in [0.15, 0.2) is 66.9 Å². The van der Waals surface area contributed by atoms with E-state index in [-0.39, 0.29) is 17.9 Å². The maximum atomic E-state index is 14.1. The molecule has 35 heavy (non-hydrogen) atoms. The predicted octanol–water partition coefficient (Wildman–Crippen LogP) is 7.08. The lowest BCUT2D eigenvalue weighted by Crippen LogP contribution is -2.29. The van der Waals surface area contributed by atoms with Crippen molar-refractivity contribution in [1.29, 1.82) is 0 Å². The third-order valence-electron chi connectivity index (χ3n) is 6.72. The Hall–Kier alpha value is -3.22. The van der Waals surface area contributed by atoms with Crippen molar-refractivity contribution in [3.05, 3.63) is 111 Å². The van der Waals surface area contributed by atoms with Crippen LogP contribution < -0.4 is 10.2 Å². The van der Waals surface area contributed by atoms with Gasteiger partial charge in [0.1, 0.15) is 5.82 Å². The average molecular weight is 505 g/mol. The molecule has 5 rings (SSSR count). The fourth-order valence-corrected chi connectivity index (χ4v) is 5.52. The maximum absolute atomic E-state index is 14.1. The van der Waals surface area contributed by atoms with Crippen molar-refractivity contribution in [3.63, 3.8) is 0 Å². The maximum Gasteiger partial charge on any atom is 0.174 e. The number of anilines is 1. The Morgan fingerprint density at radius 1 is 0.971 bits per heavy atom. The van der Waals surface area contributed by atoms with Gasteiger partial charge in [-0.15, -0.1) is 0 Å². The van der Waals surface area contributed by atoms with E-state index in [1.54, 1.807) is 19.2 Å². The topological polar surface area (TPSA) is 33.1 Å². The predicted molar refractivity (Wildman–Crippen MR) is 144 cm³/mol. The van der Waals surface area contributed by atoms with Gasteiger partial charge in [0.15, 0.2) is 5.11 Å². The number of pyridine rings is 1. The molecule has 0 aliphatic carbocycles. The van der Waals surface area contributed by atoms with E-state index in [9.17, 15) is 4.39 Å². The zero-order chi connectivity index (χ0) is 24.9. The number of hydrogen-bond acceptors (Lipinski definition) is 2. The summed E-state index contributed by atoms with van der Waals surface area (Å²) in [4.78, 5) is 6.72. The fraction of sp³-hybridized carbons (Fsp3) is 0.214. The van der Waals surface area contributed by atoms with E-state index in [4.69, 9.17) is 23.8 Å². The van der Waals surface area contributed by atoms with E-state index in [1.807, 2.05) is 42.5 Å². The van der Waals surface area contributed by atoms with Gasteiger partial charge < -0.3 is 14.8 Å². The van der Waals surface area contributed by atoms with Crippen LogP contribution in [0.1, 0.15) is 45.9 Å². The number of nitrogens with zero attached hydrogens (tertiary/aromatic N) is 3. The van der Waals surface area contributed by atoms with E-state index in [0.717, 1.165) is 39.6 Å². The molecule has 2 atom stereocenters. The number of aromatic nitrogens is 2. The van der Waals surface area contributed by atoms with E-state index < -0.39 is 0 Å². The van der Waals surface area contributed by atoms with E-state index in [2.05, 4.69) is 46.6 Å². The van der Waals surface area contributed by atoms with Gasteiger partial charge in [-0.1, -0.05) is 23.7 Å². The fourth-order valence-electron chi connectivity index (χ4n) is 5.01. The molecule has 7 heteroatoms. The van der Waals surface area contributed by atoms with Gasteiger partial charge in [0.25, 0.3) is 0 Å². The summed E-state index contributed by atoms with van der Waals surface area (Å²) in [5.74, 6) is -0.237. The highest BCUT2D eigenvalue weighted by atomic mass is 35.5. The number of halogens is 2. The minimum atomic E-state index is -0.237. The van der Waals surface area contributed by atoms with Crippen LogP contribution in [-0.2, 0) is 0 Å². The van der Waals surface area contributed by atoms with Gasteiger partial charge in [-0.2, -0.15) is 0 Å². The summed E-state index contributed by atoms with van der Waals surface area (Å²) < 4.78 is 16.4. The summed E-state index contributed by atoms with van der Waals surface area (Å²) in [5.41, 5.74) is 7.79. The highest BCUT2D eigenvalue weighted by molar-refractivity contribution is 7.80. The minimum Gasteiger partial charge on any atom is -0.351 e. The molecule has 1 fully saturated rings. The molecule has 0 radical (unpaired) electrons. The Morgan fingerprint density at radius 2 is 1.77 bits per heavy atom. The van der Waals surface area contributed by atoms with Crippen LogP contribution in [0.25, 0.3) is 5.69 Å². The lowest BCUT2D eigenvalue weighted by Gasteiger charge is -2.28. The molecule has 2 aromatic carbocycles. The van der Waals surface area contributed by atoms with Crippen LogP contribution in [0, 0.1) is 33.5 Å². The highest BCUT2D eigenvalue weighted by Gasteiger charge is 2.42. The largest absolute Gasteiger partial charge is 0.351 e. The third-order valence-corrected chi connectivity index (χ3v) is 7.27. The van der Waals surface area contributed by atoms with Gasteiger partial charge in [0, 0.05) is 34.0 Å². The average Bonchev–Trinajstić information content (AvgIpc) is 3.33. The van der Waals surface area contributed by atoms with Gasteiger partial charge in [0.2, 0.25) is 0 Å². The molecule has 4 aromatic rings. The first-order chi connectivity index (χ1) is 16.8. The number of aryl methyl sites for hydroxylation is 3. The first-order valence-corrected chi connectivity index (χ1v) is 12.3. The first kappa shape index (κ1) is 23.5. The molecule has 1 aliphatic heterocycles. The molecule has 1 saturated heterocycles. The van der Waals surface area contributed by atoms with Gasteiger partial charge in [-0.05, 0) is 105 Å². The number of benzene rings is 2. The van der Waals surface area contributed by atoms with Crippen molar-refractivity contribution >= 4 is 34.6 Å². The molecule has 2 aromatic heterocycles. The molecule has 0 saturated carbocycles. The smallest absolute Gasteiger partial charge is 0.174 e. The number of nitrogens with one attached hydrogen (secondary N) is 1. The summed E-state index contributed by atoms with van der Waals surface area (Å²) in [6.45, 7) is 8.07. The van der Waals surface area contributed by atoms with Crippen molar-refractivity contribution < 1.29 is 4.39 Å². The van der Waals surface area contributed by atoms with Gasteiger partial charge in [0.05, 0.1) is 17.8 Å². The second-order valence-corrected chi connectivity index (χ2v) is 9.85. The zero-order valence-electron chi connectivity index (χ0n) is 20.0. The van der Waals surface area contributed by atoms with Gasteiger partial charge in [-0.3, -0.25) is 4.98 Å². The monoisotopic (exact) mass is 504 g/mol. The molecule has 0 unspecified atom stereocenters. The molecule has 3 heterocycles. The van der Waals surface area contributed by atoms with Crippen molar-refractivity contribution in [1.82, 2.24) is 14.9 Å². The highest BCUT2D eigenvalue weighted by Crippen LogP contribution is 2.44. The molecule has 0 amide bonds. The molecule has 1 N–H and O–H groups in total. The summed E-state index contributed by atoms with van der Waals surface area (Å²) >= 11 is 12.2. The number of rotatable bonds is 4. The lowest BCUT2D eigenvalue weighted by molar-refractivity contribution is 0.564. The summed E-state index contributed by atoms with van der Waals surface area (Å²) in [5, 5.41) is 4.76. The second-order valence-electron chi connectivity index (χ2n) is 9.02. The molecule has 0 spiro atoms. The van der Waals surface area contributed by atoms with E-state index in [0.29, 0.717) is 15.7 Å². The van der Waals surface area contributed by atoms with E-state index in [1.165, 1.54) is 6.07 Å². The Balaban J connectivity index is 1.71. The summed E-state index contributed by atoms with van der Waals surface area (Å²) in [6, 6.07) is 18.8. The number of thiocarbonyl (C=S) groups is 1. The number of hydrogen-bond donors (Lipinski definition) is 1. The van der Waals surface area contributed by atoms with Crippen LogP contribution in [0.2, 0.25) is 5.02 Å². The Labute approximate surface area is 215 Å². The molecular formula is C28H26ClFN4S. The van der Waals surface area contributed by atoms with Crippen molar-refractivity contribution in [2.75, 3.05) is 4.90 Å². The quantitative estimate of drug-likeness (QED) is 0.301. The summed E-state index contributed by atoms with van der Waals surface area (Å²) in [7, 11) is 0. The third kappa shape index (κ3) is 4.11. The standard InChI is InChI=1S/C28H26ClFN4S/c1-16-8-9-20(29)15-25(16)33-18(3)14-22(19(33)4)27-26(24-7-5-6-12-31-24)32-28(35)34(27)21-10-11-23(30)17(2)13-21/h5-15,26-27H,1-4H3,(H,32,35)/t26-,27-/m1/s1. The molecule has 178 valence electrons. The normalized spacial score (nSPS) is 17.7. The van der Waals surface area contributed by atoms with Crippen molar-refractivity contribution in [2.24, 2.45) is 0 Å². The van der Waals surface area contributed by atoms with Crippen LogP contribution >= 0.6 is 23.8 Å². The van der Waals surface area contributed by atoms with Gasteiger partial charge in [-0.25, -0.2) is 4.39 Å². The molecular weight excluding hydrogens is 479 g/mol. The Bertz CT molecular complexity index is 1430. The molecule has 4 nitrogen and oxygen atoms in total. The van der Waals surface area contributed by atoms with Crippen LogP contribution in [0.5, 0.6) is 0 Å². The Morgan fingerprint density at radius 3 is 2.49 bits per heavy atom. The summed E-state index contributed by atoms with van der Waals surface area (Å²) in [6.07, 6.45) is 1.79. The van der Waals surface area contributed by atoms with Crippen molar-refractivity contribution in [2.45, 2.75) is 39.8 Å². The van der Waals surface area contributed by atoms with Crippen LogP contribution in [0.4, 0.5) is 10.1 Å². The van der Waals surface area contributed by atoms with Gasteiger partial charge >= 0.3 is 0 Å². The minimum absolute atomic E-state index is 0.177. The van der Waals surface area contributed by atoms with E-state index >= 15 is 0 Å². The SMILES string of the molecule is Cc1cc(N2C(=S)N[C@H](c3ccccn3)[C@H]2c2cc(C)n(-c3cc(Cl)ccc3C)c2C)ccc1F. The Kier molecular flexibility index (Phi) is 6.11. The first-order valence-electron chi connectivity index (χ1n) is 11.5. The van der Waals surface area contributed by atoms with Crippen LogP contribution in [0.3, 0.4) is 0 Å². The molecule has 1 aliphatic rings. The second kappa shape index (κ2) is 9.10. The molecule has 0 bridgehead atoms. The van der Waals surface area contributed by atoms with Crippen molar-refractivity contribution in [3.8, 4) is 5.69 Å².